The van der Waals surface area contributed by atoms with Crippen molar-refractivity contribution in [3.05, 3.63) is 0 Å². The molecule has 1 heterocycles. The van der Waals surface area contributed by atoms with Gasteiger partial charge in [0.25, 0.3) is 6.10 Å². The Morgan fingerprint density at radius 2 is 1.53 bits per heavy atom. The molecule has 1 aliphatic rings. The molecule has 1 saturated heterocycles. The van der Waals surface area contributed by atoms with E-state index < -0.39 is 24.5 Å². The first-order chi connectivity index (χ1) is 8.51. The Kier molecular flexibility index (Phi) is 4.57. The number of piperidine rings is 1. The van der Waals surface area contributed by atoms with E-state index in [2.05, 4.69) is 4.74 Å². The molecule has 0 unspecified atom stereocenters. The number of nitrogens with zero attached hydrogens (tertiary/aromatic N) is 1. The summed E-state index contributed by atoms with van der Waals surface area (Å²) in [5.74, 6) is 0.282. The Bertz CT molecular complexity index is 305. The van der Waals surface area contributed by atoms with Crippen molar-refractivity contribution in [3.63, 3.8) is 0 Å². The van der Waals surface area contributed by atoms with Crippen LogP contribution in [0.15, 0.2) is 0 Å². The summed E-state index contributed by atoms with van der Waals surface area (Å²) in [4.78, 5) is 12.2. The van der Waals surface area contributed by atoms with Gasteiger partial charge in [0.1, 0.15) is 0 Å². The van der Waals surface area contributed by atoms with Crippen molar-refractivity contribution in [2.24, 2.45) is 5.92 Å². The predicted octanol–water partition coefficient (Wildman–Crippen LogP) is 3.35. The first-order valence-corrected chi connectivity index (χ1v) is 5.61. The third kappa shape index (κ3) is 4.46. The van der Waals surface area contributed by atoms with E-state index in [1.54, 1.807) is 0 Å². The van der Waals surface area contributed by atoms with Crippen molar-refractivity contribution in [2.45, 2.75) is 38.2 Å². The topological polar surface area (TPSA) is 29.5 Å². The van der Waals surface area contributed by atoms with Crippen LogP contribution in [0.5, 0.6) is 0 Å². The van der Waals surface area contributed by atoms with Crippen molar-refractivity contribution in [3.8, 4) is 0 Å². The predicted molar refractivity (Wildman–Crippen MR) is 52.4 cm³/mol. The van der Waals surface area contributed by atoms with Crippen molar-refractivity contribution in [1.82, 2.24) is 4.90 Å². The SMILES string of the molecule is CC1CCN(C(=O)OC(C(F)(F)F)C(F)(F)F)CC1. The molecule has 0 spiro atoms. The monoisotopic (exact) mass is 293 g/mol. The Hall–Kier alpha value is -1.15. The van der Waals surface area contributed by atoms with E-state index in [-0.39, 0.29) is 19.0 Å². The zero-order valence-electron chi connectivity index (χ0n) is 10.0. The van der Waals surface area contributed by atoms with E-state index in [4.69, 9.17) is 0 Å². The van der Waals surface area contributed by atoms with Crippen LogP contribution in [-0.2, 0) is 4.74 Å². The second-order valence-electron chi connectivity index (χ2n) is 4.52. The fraction of sp³-hybridized carbons (Fsp3) is 0.900. The summed E-state index contributed by atoms with van der Waals surface area (Å²) >= 11 is 0. The largest absolute Gasteiger partial charge is 0.434 e. The van der Waals surface area contributed by atoms with Gasteiger partial charge < -0.3 is 9.64 Å². The lowest BCUT2D eigenvalue weighted by Crippen LogP contribution is -2.49. The highest BCUT2D eigenvalue weighted by Crippen LogP contribution is 2.36. The average molecular weight is 293 g/mol. The number of ether oxygens (including phenoxy) is 1. The minimum atomic E-state index is -5.67. The third-order valence-electron chi connectivity index (χ3n) is 2.86. The maximum absolute atomic E-state index is 12.2. The lowest BCUT2D eigenvalue weighted by atomic mass is 10.00. The summed E-state index contributed by atoms with van der Waals surface area (Å²) in [6.07, 6.45) is -15.9. The second-order valence-corrected chi connectivity index (χ2v) is 4.52. The fourth-order valence-electron chi connectivity index (χ4n) is 1.69. The fourth-order valence-corrected chi connectivity index (χ4v) is 1.69. The number of amides is 1. The number of carbonyl (C=O) groups excluding carboxylic acids is 1. The molecule has 1 amide bonds. The molecule has 0 N–H and O–H groups in total. The number of hydrogen-bond donors (Lipinski definition) is 0. The summed E-state index contributed by atoms with van der Waals surface area (Å²) in [6, 6.07) is 0. The minimum absolute atomic E-state index is 0.0996. The van der Waals surface area contributed by atoms with E-state index >= 15 is 0 Å². The minimum Gasteiger partial charge on any atom is -0.426 e. The molecule has 19 heavy (non-hydrogen) atoms. The van der Waals surface area contributed by atoms with E-state index in [0.29, 0.717) is 12.8 Å². The van der Waals surface area contributed by atoms with Gasteiger partial charge in [-0.25, -0.2) is 4.79 Å². The van der Waals surface area contributed by atoms with E-state index in [0.717, 1.165) is 4.90 Å². The molecule has 0 atom stereocenters. The average Bonchev–Trinajstić information content (AvgIpc) is 2.23. The molecule has 1 aliphatic heterocycles. The summed E-state index contributed by atoms with van der Waals surface area (Å²) < 4.78 is 76.7. The molecule has 0 aromatic carbocycles. The number of halogens is 6. The third-order valence-corrected chi connectivity index (χ3v) is 2.86. The van der Waals surface area contributed by atoms with Gasteiger partial charge in [0, 0.05) is 13.1 Å². The van der Waals surface area contributed by atoms with Gasteiger partial charge in [-0.2, -0.15) is 26.3 Å². The highest BCUT2D eigenvalue weighted by Gasteiger charge is 2.60. The van der Waals surface area contributed by atoms with Crippen LogP contribution in [0.3, 0.4) is 0 Å². The normalized spacial score (nSPS) is 18.8. The zero-order valence-corrected chi connectivity index (χ0v) is 10.0. The summed E-state index contributed by atoms with van der Waals surface area (Å²) in [5.41, 5.74) is 0. The van der Waals surface area contributed by atoms with Crippen LogP contribution in [0.25, 0.3) is 0 Å². The van der Waals surface area contributed by atoms with Gasteiger partial charge in [0.15, 0.2) is 0 Å². The molecule has 0 aromatic rings. The Balaban J connectivity index is 2.67. The quantitative estimate of drug-likeness (QED) is 0.694. The molecule has 112 valence electrons. The van der Waals surface area contributed by atoms with Gasteiger partial charge >= 0.3 is 18.4 Å². The maximum Gasteiger partial charge on any atom is 0.434 e. The second kappa shape index (κ2) is 5.46. The molecule has 1 rings (SSSR count). The van der Waals surface area contributed by atoms with Crippen LogP contribution in [0.2, 0.25) is 0 Å². The number of rotatable bonds is 1. The van der Waals surface area contributed by atoms with Gasteiger partial charge in [-0.15, -0.1) is 0 Å². The van der Waals surface area contributed by atoms with Crippen LogP contribution < -0.4 is 0 Å². The van der Waals surface area contributed by atoms with E-state index in [1.807, 2.05) is 6.92 Å². The van der Waals surface area contributed by atoms with Crippen LogP contribution in [-0.4, -0.2) is 42.5 Å². The molecular formula is C10H13F6NO2. The molecule has 0 bridgehead atoms. The van der Waals surface area contributed by atoms with Crippen molar-refractivity contribution >= 4 is 6.09 Å². The Morgan fingerprint density at radius 3 is 1.89 bits per heavy atom. The maximum atomic E-state index is 12.2. The molecular weight excluding hydrogens is 280 g/mol. The van der Waals surface area contributed by atoms with Crippen molar-refractivity contribution in [1.29, 1.82) is 0 Å². The van der Waals surface area contributed by atoms with Gasteiger partial charge in [-0.05, 0) is 18.8 Å². The van der Waals surface area contributed by atoms with Gasteiger partial charge in [0.2, 0.25) is 0 Å². The zero-order chi connectivity index (χ0) is 14.8. The van der Waals surface area contributed by atoms with Crippen LogP contribution in [0, 0.1) is 5.92 Å². The van der Waals surface area contributed by atoms with Gasteiger partial charge in [-0.3, -0.25) is 0 Å². The van der Waals surface area contributed by atoms with Gasteiger partial charge in [0.05, 0.1) is 0 Å². The summed E-state index contributed by atoms with van der Waals surface area (Å²) in [6.45, 7) is 2.09. The first-order valence-electron chi connectivity index (χ1n) is 5.61. The van der Waals surface area contributed by atoms with Crippen molar-refractivity contribution in [2.75, 3.05) is 13.1 Å². The molecule has 3 nitrogen and oxygen atoms in total. The number of hydrogen-bond acceptors (Lipinski definition) is 2. The van der Waals surface area contributed by atoms with E-state index in [9.17, 15) is 31.1 Å². The molecule has 0 radical (unpaired) electrons. The van der Waals surface area contributed by atoms with Gasteiger partial charge in [-0.1, -0.05) is 6.92 Å². The highest BCUT2D eigenvalue weighted by atomic mass is 19.4. The van der Waals surface area contributed by atoms with E-state index in [1.165, 1.54) is 0 Å². The Labute approximate surface area is 105 Å². The lowest BCUT2D eigenvalue weighted by Gasteiger charge is -2.31. The number of alkyl halides is 6. The lowest BCUT2D eigenvalue weighted by molar-refractivity contribution is -0.308. The smallest absolute Gasteiger partial charge is 0.426 e. The molecule has 0 saturated carbocycles. The molecule has 0 aliphatic carbocycles. The van der Waals surface area contributed by atoms with Crippen molar-refractivity contribution < 1.29 is 35.9 Å². The first kappa shape index (κ1) is 15.9. The highest BCUT2D eigenvalue weighted by molar-refractivity contribution is 5.68. The van der Waals surface area contributed by atoms with Crippen LogP contribution in [0.4, 0.5) is 31.1 Å². The molecule has 9 heteroatoms. The number of likely N-dealkylation sites (tertiary alicyclic amines) is 1. The van der Waals surface area contributed by atoms with Crippen LogP contribution in [0.1, 0.15) is 19.8 Å². The molecule has 0 aromatic heterocycles. The summed E-state index contributed by atoms with van der Waals surface area (Å²) in [5, 5.41) is 0. The summed E-state index contributed by atoms with van der Waals surface area (Å²) in [7, 11) is 0. The Morgan fingerprint density at radius 1 is 1.11 bits per heavy atom. The molecule has 1 fully saturated rings. The number of carbonyl (C=O) groups is 1. The van der Waals surface area contributed by atoms with Crippen LogP contribution >= 0.6 is 0 Å². The standard InChI is InChI=1S/C10H13F6NO2/c1-6-2-4-17(5-3-6)8(18)19-7(9(11,12)13)10(14,15)16/h6-7H,2-5H2,1H3.